The summed E-state index contributed by atoms with van der Waals surface area (Å²) in [5.74, 6) is -0.843. The van der Waals surface area contributed by atoms with Crippen molar-refractivity contribution in [1.29, 1.82) is 0 Å². The molecule has 0 aliphatic carbocycles. The van der Waals surface area contributed by atoms with Gasteiger partial charge >= 0.3 is 5.97 Å². The van der Waals surface area contributed by atoms with E-state index in [4.69, 9.17) is 4.74 Å². The van der Waals surface area contributed by atoms with Crippen molar-refractivity contribution in [2.45, 2.75) is 45.8 Å². The Kier molecular flexibility index (Phi) is 4.07. The molecule has 0 rings (SSSR count). The lowest BCUT2D eigenvalue weighted by Gasteiger charge is -2.27. The van der Waals surface area contributed by atoms with Crippen molar-refractivity contribution >= 4 is 11.8 Å². The van der Waals surface area contributed by atoms with Crippen molar-refractivity contribution in [3.05, 3.63) is 0 Å². The van der Waals surface area contributed by atoms with Gasteiger partial charge in [-0.05, 0) is 27.7 Å². The Morgan fingerprint density at radius 3 is 2.23 bits per heavy atom. The van der Waals surface area contributed by atoms with E-state index in [1.165, 1.54) is 13.8 Å². The third-order valence-electron chi connectivity index (χ3n) is 1.78. The van der Waals surface area contributed by atoms with Crippen LogP contribution in [0.1, 0.15) is 34.1 Å². The minimum atomic E-state index is -0.938. The van der Waals surface area contributed by atoms with Crippen LogP contribution in [0.2, 0.25) is 0 Å². The summed E-state index contributed by atoms with van der Waals surface area (Å²) in [5.41, 5.74) is -0.938. The summed E-state index contributed by atoms with van der Waals surface area (Å²) in [6.45, 7) is 6.03. The maximum absolute atomic E-state index is 11.0. The van der Waals surface area contributed by atoms with E-state index >= 15 is 0 Å². The Morgan fingerprint density at radius 1 is 1.46 bits per heavy atom. The number of carbonyl (C=O) groups is 2. The van der Waals surface area contributed by atoms with Gasteiger partial charge < -0.3 is 9.84 Å². The van der Waals surface area contributed by atoms with E-state index in [-0.39, 0.29) is 12.2 Å². The van der Waals surface area contributed by atoms with Crippen LogP contribution in [0.25, 0.3) is 0 Å². The van der Waals surface area contributed by atoms with Gasteiger partial charge in [-0.1, -0.05) is 0 Å². The second-order valence-corrected chi connectivity index (χ2v) is 3.63. The Morgan fingerprint density at radius 2 is 1.92 bits per heavy atom. The summed E-state index contributed by atoms with van der Waals surface area (Å²) in [6, 6.07) is 0. The lowest BCUT2D eigenvalue weighted by Crippen LogP contribution is -2.39. The van der Waals surface area contributed by atoms with Gasteiger partial charge in [-0.2, -0.15) is 0 Å². The molecule has 0 aliphatic heterocycles. The van der Waals surface area contributed by atoms with Gasteiger partial charge in [0.05, 0.1) is 6.10 Å². The number of carbonyl (C=O) groups excluding carboxylic acids is 2. The molecule has 1 atom stereocenters. The number of aliphatic hydroxyl groups excluding tert-OH is 1. The minimum Gasteiger partial charge on any atom is -0.457 e. The fraction of sp³-hybridized carbons (Fsp3) is 0.778. The number of aliphatic hydroxyl groups is 1. The van der Waals surface area contributed by atoms with Gasteiger partial charge in [0, 0.05) is 0 Å². The molecule has 0 aromatic carbocycles. The zero-order chi connectivity index (χ0) is 10.6. The standard InChI is InChI=1S/C9H16O4/c1-6(10)5-8(12)13-9(3,4)7(2)11/h7,11H,5H2,1-4H3. The number of esters is 1. The van der Waals surface area contributed by atoms with Crippen molar-refractivity contribution in [1.82, 2.24) is 0 Å². The molecule has 0 aliphatic rings. The summed E-state index contributed by atoms with van der Waals surface area (Å²) < 4.78 is 4.90. The highest BCUT2D eigenvalue weighted by molar-refractivity contribution is 5.94. The highest BCUT2D eigenvalue weighted by Crippen LogP contribution is 2.15. The van der Waals surface area contributed by atoms with Gasteiger partial charge in [-0.3, -0.25) is 9.59 Å². The molecule has 0 fully saturated rings. The molecule has 4 heteroatoms. The molecule has 0 heterocycles. The first-order chi connectivity index (χ1) is 5.75. The van der Waals surface area contributed by atoms with Gasteiger partial charge in [0.25, 0.3) is 0 Å². The molecule has 76 valence electrons. The zero-order valence-corrected chi connectivity index (χ0v) is 8.46. The maximum atomic E-state index is 11.0. The van der Waals surface area contributed by atoms with E-state index in [0.29, 0.717) is 0 Å². The van der Waals surface area contributed by atoms with Crippen LogP contribution in [0.15, 0.2) is 0 Å². The first-order valence-electron chi connectivity index (χ1n) is 4.15. The van der Waals surface area contributed by atoms with E-state index in [2.05, 4.69) is 0 Å². The molecule has 4 nitrogen and oxygen atoms in total. The highest BCUT2D eigenvalue weighted by atomic mass is 16.6. The lowest BCUT2D eigenvalue weighted by atomic mass is 10.0. The van der Waals surface area contributed by atoms with Crippen LogP contribution in [-0.2, 0) is 14.3 Å². The van der Waals surface area contributed by atoms with Crippen molar-refractivity contribution in [3.8, 4) is 0 Å². The third kappa shape index (κ3) is 4.62. The smallest absolute Gasteiger partial charge is 0.313 e. The van der Waals surface area contributed by atoms with E-state index < -0.39 is 17.7 Å². The van der Waals surface area contributed by atoms with Crippen molar-refractivity contribution in [2.24, 2.45) is 0 Å². The molecule has 13 heavy (non-hydrogen) atoms. The molecule has 0 amide bonds. The summed E-state index contributed by atoms with van der Waals surface area (Å²) >= 11 is 0. The van der Waals surface area contributed by atoms with Crippen LogP contribution >= 0.6 is 0 Å². The van der Waals surface area contributed by atoms with E-state index in [0.717, 1.165) is 0 Å². The van der Waals surface area contributed by atoms with Gasteiger partial charge in [-0.25, -0.2) is 0 Å². The van der Waals surface area contributed by atoms with Crippen molar-refractivity contribution < 1.29 is 19.4 Å². The van der Waals surface area contributed by atoms with Gasteiger partial charge in [-0.15, -0.1) is 0 Å². The summed E-state index contributed by atoms with van der Waals surface area (Å²) in [6.07, 6.45) is -1.00. The van der Waals surface area contributed by atoms with Crippen molar-refractivity contribution in [2.75, 3.05) is 0 Å². The number of Topliss-reactive ketones (excluding diaryl/α,β-unsaturated/α-hetero) is 1. The van der Waals surface area contributed by atoms with Crippen LogP contribution in [0.5, 0.6) is 0 Å². The average molecular weight is 188 g/mol. The Labute approximate surface area is 77.9 Å². The molecular weight excluding hydrogens is 172 g/mol. The fourth-order valence-electron chi connectivity index (χ4n) is 0.618. The number of rotatable bonds is 4. The second-order valence-electron chi connectivity index (χ2n) is 3.63. The number of hydrogen-bond acceptors (Lipinski definition) is 4. The molecule has 0 saturated heterocycles. The summed E-state index contributed by atoms with van der Waals surface area (Å²) in [7, 11) is 0. The predicted molar refractivity (Wildman–Crippen MR) is 47.1 cm³/mol. The average Bonchev–Trinajstić information content (AvgIpc) is 1.82. The molecule has 1 unspecified atom stereocenters. The largest absolute Gasteiger partial charge is 0.457 e. The monoisotopic (exact) mass is 188 g/mol. The molecule has 0 radical (unpaired) electrons. The van der Waals surface area contributed by atoms with Crippen LogP contribution in [0, 0.1) is 0 Å². The number of ketones is 1. The number of ether oxygens (including phenoxy) is 1. The molecule has 0 aromatic rings. The van der Waals surface area contributed by atoms with E-state index in [1.807, 2.05) is 0 Å². The molecule has 0 spiro atoms. The normalized spacial score (nSPS) is 13.6. The molecule has 0 saturated carbocycles. The van der Waals surface area contributed by atoms with E-state index in [1.54, 1.807) is 13.8 Å². The SMILES string of the molecule is CC(=O)CC(=O)OC(C)(C)C(C)O. The van der Waals surface area contributed by atoms with Crippen LogP contribution in [-0.4, -0.2) is 28.6 Å². The fourth-order valence-corrected chi connectivity index (χ4v) is 0.618. The molecule has 1 N–H and O–H groups in total. The number of hydrogen-bond donors (Lipinski definition) is 1. The first kappa shape index (κ1) is 12.1. The van der Waals surface area contributed by atoms with Crippen LogP contribution in [0.3, 0.4) is 0 Å². The predicted octanol–water partition coefficient (Wildman–Crippen LogP) is 0.668. The molecule has 0 aromatic heterocycles. The first-order valence-corrected chi connectivity index (χ1v) is 4.15. The Hall–Kier alpha value is -0.900. The van der Waals surface area contributed by atoms with E-state index in [9.17, 15) is 14.7 Å². The third-order valence-corrected chi connectivity index (χ3v) is 1.78. The second kappa shape index (κ2) is 4.37. The lowest BCUT2D eigenvalue weighted by molar-refractivity contribution is -0.166. The van der Waals surface area contributed by atoms with Crippen LogP contribution in [0.4, 0.5) is 0 Å². The van der Waals surface area contributed by atoms with Gasteiger partial charge in [0.2, 0.25) is 0 Å². The highest BCUT2D eigenvalue weighted by Gasteiger charge is 2.28. The Bertz CT molecular complexity index is 206. The van der Waals surface area contributed by atoms with Crippen LogP contribution < -0.4 is 0 Å². The van der Waals surface area contributed by atoms with Gasteiger partial charge in [0.1, 0.15) is 17.8 Å². The summed E-state index contributed by atoms with van der Waals surface area (Å²) in [5, 5.41) is 9.20. The Balaban J connectivity index is 4.12. The molecular formula is C9H16O4. The minimum absolute atomic E-state index is 0.240. The summed E-state index contributed by atoms with van der Waals surface area (Å²) in [4.78, 5) is 21.6. The van der Waals surface area contributed by atoms with Crippen molar-refractivity contribution in [3.63, 3.8) is 0 Å². The quantitative estimate of drug-likeness (QED) is 0.520. The molecule has 0 bridgehead atoms. The maximum Gasteiger partial charge on any atom is 0.313 e. The van der Waals surface area contributed by atoms with Gasteiger partial charge in [0.15, 0.2) is 0 Å². The zero-order valence-electron chi connectivity index (χ0n) is 8.46. The topological polar surface area (TPSA) is 63.6 Å².